The summed E-state index contributed by atoms with van der Waals surface area (Å²) < 4.78 is 5.23. The van der Waals surface area contributed by atoms with Gasteiger partial charge in [-0.3, -0.25) is 19.3 Å². The van der Waals surface area contributed by atoms with Gasteiger partial charge in [-0.05, 0) is 48.0 Å². The number of furan rings is 1. The fourth-order valence-corrected chi connectivity index (χ4v) is 3.65. The van der Waals surface area contributed by atoms with Gasteiger partial charge in [0.05, 0.1) is 34.0 Å². The van der Waals surface area contributed by atoms with Crippen molar-refractivity contribution in [2.24, 2.45) is 0 Å². The van der Waals surface area contributed by atoms with E-state index in [9.17, 15) is 14.4 Å². The van der Waals surface area contributed by atoms with Crippen molar-refractivity contribution in [3.05, 3.63) is 92.9 Å². The summed E-state index contributed by atoms with van der Waals surface area (Å²) in [7, 11) is 1.65. The summed E-state index contributed by atoms with van der Waals surface area (Å²) in [4.78, 5) is 40.8. The van der Waals surface area contributed by atoms with Crippen LogP contribution in [0.15, 0.2) is 59.2 Å². The van der Waals surface area contributed by atoms with Crippen LogP contribution in [0.2, 0.25) is 10.0 Å². The molecule has 0 bridgehead atoms. The summed E-state index contributed by atoms with van der Waals surface area (Å²) in [6.07, 6.45) is 1.48. The molecule has 1 aliphatic rings. The molecule has 30 heavy (non-hydrogen) atoms. The Labute approximate surface area is 182 Å². The first-order chi connectivity index (χ1) is 14.3. The number of imide groups is 1. The van der Waals surface area contributed by atoms with Crippen molar-refractivity contribution in [2.45, 2.75) is 13.1 Å². The molecule has 0 spiro atoms. The molecule has 152 valence electrons. The van der Waals surface area contributed by atoms with Gasteiger partial charge in [-0.15, -0.1) is 0 Å². The van der Waals surface area contributed by atoms with Crippen LogP contribution in [-0.2, 0) is 13.1 Å². The fraction of sp³-hybridized carbons (Fsp3) is 0.136. The standard InChI is InChI=1S/C22H16Cl2N2O4/c1-25(11-13-4-7-18(23)19(24)9-13)20(27)14-5-6-16-17(10-14)22(29)26(21(16)28)12-15-3-2-8-30-15/h2-10H,11-12H2,1H3. The van der Waals surface area contributed by atoms with E-state index in [1.54, 1.807) is 43.4 Å². The lowest BCUT2D eigenvalue weighted by Gasteiger charge is -2.18. The van der Waals surface area contributed by atoms with Gasteiger partial charge in [-0.2, -0.15) is 0 Å². The third-order valence-electron chi connectivity index (χ3n) is 4.86. The Kier molecular flexibility index (Phi) is 5.37. The van der Waals surface area contributed by atoms with Crippen molar-refractivity contribution >= 4 is 40.9 Å². The summed E-state index contributed by atoms with van der Waals surface area (Å²) in [5.74, 6) is -0.640. The Morgan fingerprint density at radius 1 is 1.00 bits per heavy atom. The first kappa shape index (κ1) is 20.2. The smallest absolute Gasteiger partial charge is 0.261 e. The molecular formula is C22H16Cl2N2O4. The molecule has 3 amide bonds. The molecule has 0 saturated heterocycles. The van der Waals surface area contributed by atoms with E-state index < -0.39 is 11.8 Å². The van der Waals surface area contributed by atoms with Crippen LogP contribution in [0.5, 0.6) is 0 Å². The third kappa shape index (κ3) is 3.72. The molecule has 0 saturated carbocycles. The van der Waals surface area contributed by atoms with Crippen molar-refractivity contribution in [3.63, 3.8) is 0 Å². The molecule has 0 fully saturated rings. The maximum atomic E-state index is 12.9. The molecule has 0 atom stereocenters. The highest BCUT2D eigenvalue weighted by molar-refractivity contribution is 6.42. The lowest BCUT2D eigenvalue weighted by atomic mass is 10.0. The maximum absolute atomic E-state index is 12.9. The summed E-state index contributed by atoms with van der Waals surface area (Å²) in [6, 6.07) is 13.1. The zero-order chi connectivity index (χ0) is 21.4. The van der Waals surface area contributed by atoms with Gasteiger partial charge >= 0.3 is 0 Å². The molecule has 1 aromatic heterocycles. The molecule has 8 heteroatoms. The number of nitrogens with zero attached hydrogens (tertiary/aromatic N) is 2. The Balaban J connectivity index is 1.53. The monoisotopic (exact) mass is 442 g/mol. The molecule has 0 aliphatic carbocycles. The number of benzene rings is 2. The lowest BCUT2D eigenvalue weighted by Crippen LogP contribution is -2.29. The predicted molar refractivity (Wildman–Crippen MR) is 112 cm³/mol. The Bertz CT molecular complexity index is 1160. The number of rotatable bonds is 5. The highest BCUT2D eigenvalue weighted by Crippen LogP contribution is 2.27. The third-order valence-corrected chi connectivity index (χ3v) is 5.60. The number of fused-ring (bicyclic) bond motifs is 1. The van der Waals surface area contributed by atoms with Crippen LogP contribution in [0.1, 0.15) is 42.4 Å². The number of hydrogen-bond donors (Lipinski definition) is 0. The second-order valence-corrected chi connectivity index (χ2v) is 7.76. The molecule has 4 rings (SSSR count). The Morgan fingerprint density at radius 3 is 2.47 bits per heavy atom. The van der Waals surface area contributed by atoms with Gasteiger partial charge in [0.15, 0.2) is 0 Å². The molecule has 1 aliphatic heterocycles. The van der Waals surface area contributed by atoms with E-state index in [4.69, 9.17) is 27.6 Å². The van der Waals surface area contributed by atoms with Crippen molar-refractivity contribution < 1.29 is 18.8 Å². The zero-order valence-electron chi connectivity index (χ0n) is 15.9. The Hall–Kier alpha value is -3.09. The van der Waals surface area contributed by atoms with Crippen molar-refractivity contribution in [3.8, 4) is 0 Å². The second kappa shape index (κ2) is 7.97. The average molecular weight is 443 g/mol. The lowest BCUT2D eigenvalue weighted by molar-refractivity contribution is 0.0631. The van der Waals surface area contributed by atoms with Gasteiger partial charge in [0, 0.05) is 19.2 Å². The van der Waals surface area contributed by atoms with Crippen LogP contribution < -0.4 is 0 Å². The van der Waals surface area contributed by atoms with E-state index in [0.29, 0.717) is 27.9 Å². The van der Waals surface area contributed by atoms with E-state index in [0.717, 1.165) is 10.5 Å². The molecule has 3 aromatic rings. The minimum absolute atomic E-state index is 0.0415. The SMILES string of the molecule is CN(Cc1ccc(Cl)c(Cl)c1)C(=O)c1ccc2c(c1)C(=O)N(Cc1ccco1)C2=O. The minimum atomic E-state index is -0.451. The van der Waals surface area contributed by atoms with Crippen LogP contribution in [-0.4, -0.2) is 34.6 Å². The van der Waals surface area contributed by atoms with E-state index in [2.05, 4.69) is 0 Å². The van der Waals surface area contributed by atoms with Crippen molar-refractivity contribution in [1.29, 1.82) is 0 Å². The summed E-state index contributed by atoms with van der Waals surface area (Å²) in [6.45, 7) is 0.351. The van der Waals surface area contributed by atoms with Gasteiger partial charge in [-0.25, -0.2) is 0 Å². The number of halogens is 2. The van der Waals surface area contributed by atoms with E-state index in [1.165, 1.54) is 23.3 Å². The molecule has 0 N–H and O–H groups in total. The van der Waals surface area contributed by atoms with Crippen molar-refractivity contribution in [1.82, 2.24) is 9.80 Å². The van der Waals surface area contributed by atoms with E-state index >= 15 is 0 Å². The normalized spacial score (nSPS) is 13.0. The zero-order valence-corrected chi connectivity index (χ0v) is 17.4. The first-order valence-electron chi connectivity index (χ1n) is 9.07. The van der Waals surface area contributed by atoms with Crippen LogP contribution in [0.4, 0.5) is 0 Å². The van der Waals surface area contributed by atoms with E-state index in [1.807, 2.05) is 0 Å². The number of carbonyl (C=O) groups is 3. The second-order valence-electron chi connectivity index (χ2n) is 6.95. The van der Waals surface area contributed by atoms with E-state index in [-0.39, 0.29) is 23.6 Å². The van der Waals surface area contributed by atoms with Gasteiger partial charge in [0.25, 0.3) is 17.7 Å². The van der Waals surface area contributed by atoms with Crippen LogP contribution in [0.3, 0.4) is 0 Å². The van der Waals surface area contributed by atoms with Crippen LogP contribution in [0.25, 0.3) is 0 Å². The van der Waals surface area contributed by atoms with Gasteiger partial charge in [-0.1, -0.05) is 29.3 Å². The number of amides is 3. The summed E-state index contributed by atoms with van der Waals surface area (Å²) in [5, 5.41) is 0.851. The fourth-order valence-electron chi connectivity index (χ4n) is 3.33. The highest BCUT2D eigenvalue weighted by atomic mass is 35.5. The van der Waals surface area contributed by atoms with Gasteiger partial charge in [0.1, 0.15) is 5.76 Å². The van der Waals surface area contributed by atoms with Crippen LogP contribution in [0, 0.1) is 0 Å². The topological polar surface area (TPSA) is 70.8 Å². The van der Waals surface area contributed by atoms with Crippen molar-refractivity contribution in [2.75, 3.05) is 7.05 Å². The number of carbonyl (C=O) groups excluding carboxylic acids is 3. The highest BCUT2D eigenvalue weighted by Gasteiger charge is 2.36. The molecule has 0 unspecified atom stereocenters. The molecule has 0 radical (unpaired) electrons. The minimum Gasteiger partial charge on any atom is -0.467 e. The maximum Gasteiger partial charge on any atom is 0.261 e. The van der Waals surface area contributed by atoms with Gasteiger partial charge < -0.3 is 9.32 Å². The first-order valence-corrected chi connectivity index (χ1v) is 9.83. The molecule has 2 heterocycles. The van der Waals surface area contributed by atoms with Crippen LogP contribution >= 0.6 is 23.2 Å². The van der Waals surface area contributed by atoms with Gasteiger partial charge in [0.2, 0.25) is 0 Å². The number of hydrogen-bond acceptors (Lipinski definition) is 4. The Morgan fingerprint density at radius 2 is 1.77 bits per heavy atom. The summed E-state index contributed by atoms with van der Waals surface area (Å²) in [5.41, 5.74) is 1.62. The predicted octanol–water partition coefficient (Wildman–Crippen LogP) is 4.65. The average Bonchev–Trinajstić information content (AvgIpc) is 3.33. The quantitative estimate of drug-likeness (QED) is 0.538. The largest absolute Gasteiger partial charge is 0.467 e. The molecule has 2 aromatic carbocycles. The molecule has 6 nitrogen and oxygen atoms in total. The molecular weight excluding hydrogens is 427 g/mol. The summed E-state index contributed by atoms with van der Waals surface area (Å²) >= 11 is 12.0.